The zero-order chi connectivity index (χ0) is 13.1. The number of hydrogen-bond acceptors (Lipinski definition) is 3. The molecule has 0 saturated heterocycles. The lowest BCUT2D eigenvalue weighted by molar-refractivity contribution is 0.100. The molecule has 1 heterocycles. The van der Waals surface area contributed by atoms with Gasteiger partial charge < -0.3 is 11.1 Å². The van der Waals surface area contributed by atoms with Crippen molar-refractivity contribution >= 4 is 29.0 Å². The van der Waals surface area contributed by atoms with Gasteiger partial charge in [0.1, 0.15) is 11.6 Å². The summed E-state index contributed by atoms with van der Waals surface area (Å²) in [6.07, 6.45) is 1.50. The highest BCUT2D eigenvalue weighted by Gasteiger charge is 2.09. The van der Waals surface area contributed by atoms with Crippen LogP contribution in [0.3, 0.4) is 0 Å². The SMILES string of the molecule is NC(=O)c1cccnc1Nc1ccc(Cl)c(F)c1. The second-order valence-corrected chi connectivity index (χ2v) is 3.92. The standard InChI is InChI=1S/C12H9ClFN3O/c13-9-4-3-7(6-10(9)14)17-12-8(11(15)18)2-1-5-16-12/h1-6H,(H2,15,18)(H,16,17). The molecule has 3 N–H and O–H groups in total. The zero-order valence-electron chi connectivity index (χ0n) is 9.15. The number of rotatable bonds is 3. The van der Waals surface area contributed by atoms with E-state index in [1.54, 1.807) is 12.1 Å². The van der Waals surface area contributed by atoms with Crippen LogP contribution in [-0.4, -0.2) is 10.9 Å². The molecule has 2 aromatic rings. The van der Waals surface area contributed by atoms with E-state index in [0.717, 1.165) is 0 Å². The smallest absolute Gasteiger partial charge is 0.252 e. The van der Waals surface area contributed by atoms with Gasteiger partial charge in [-0.25, -0.2) is 9.37 Å². The van der Waals surface area contributed by atoms with Gasteiger partial charge >= 0.3 is 0 Å². The molecule has 0 aliphatic rings. The van der Waals surface area contributed by atoms with Crippen LogP contribution in [0.25, 0.3) is 0 Å². The van der Waals surface area contributed by atoms with E-state index in [1.165, 1.54) is 24.4 Å². The van der Waals surface area contributed by atoms with E-state index in [0.29, 0.717) is 5.69 Å². The number of anilines is 2. The fraction of sp³-hybridized carbons (Fsp3) is 0. The molecule has 6 heteroatoms. The topological polar surface area (TPSA) is 68.0 Å². The summed E-state index contributed by atoms with van der Waals surface area (Å²) in [5, 5.41) is 2.84. The minimum Gasteiger partial charge on any atom is -0.365 e. The van der Waals surface area contributed by atoms with Crippen molar-refractivity contribution < 1.29 is 9.18 Å². The average Bonchev–Trinajstić information content (AvgIpc) is 2.34. The lowest BCUT2D eigenvalue weighted by atomic mass is 10.2. The first-order chi connectivity index (χ1) is 8.58. The number of halogens is 2. The number of carbonyl (C=O) groups excluding carboxylic acids is 1. The number of aromatic nitrogens is 1. The quantitative estimate of drug-likeness (QED) is 0.897. The molecule has 0 aliphatic carbocycles. The van der Waals surface area contributed by atoms with Crippen LogP contribution in [0.1, 0.15) is 10.4 Å². The Balaban J connectivity index is 2.34. The highest BCUT2D eigenvalue weighted by atomic mass is 35.5. The van der Waals surface area contributed by atoms with Crippen LogP contribution in [0.4, 0.5) is 15.9 Å². The van der Waals surface area contributed by atoms with E-state index >= 15 is 0 Å². The van der Waals surface area contributed by atoms with Gasteiger partial charge in [-0.2, -0.15) is 0 Å². The molecule has 0 bridgehead atoms. The fourth-order valence-corrected chi connectivity index (χ4v) is 1.53. The Bertz CT molecular complexity index is 604. The molecular formula is C12H9ClFN3O. The van der Waals surface area contributed by atoms with Crippen LogP contribution >= 0.6 is 11.6 Å². The van der Waals surface area contributed by atoms with Crippen molar-refractivity contribution in [2.45, 2.75) is 0 Å². The lowest BCUT2D eigenvalue weighted by Crippen LogP contribution is -2.14. The monoisotopic (exact) mass is 265 g/mol. The van der Waals surface area contributed by atoms with Gasteiger partial charge in [-0.15, -0.1) is 0 Å². The van der Waals surface area contributed by atoms with Gasteiger partial charge in [0.05, 0.1) is 10.6 Å². The fourth-order valence-electron chi connectivity index (χ4n) is 1.41. The highest BCUT2D eigenvalue weighted by Crippen LogP contribution is 2.22. The number of pyridine rings is 1. The number of nitrogens with two attached hydrogens (primary N) is 1. The third-order valence-electron chi connectivity index (χ3n) is 2.26. The van der Waals surface area contributed by atoms with Crippen molar-refractivity contribution in [3.8, 4) is 0 Å². The van der Waals surface area contributed by atoms with E-state index in [-0.39, 0.29) is 16.4 Å². The molecule has 1 aromatic heterocycles. The number of primary amides is 1. The maximum absolute atomic E-state index is 13.3. The van der Waals surface area contributed by atoms with Gasteiger partial charge in [-0.3, -0.25) is 4.79 Å². The summed E-state index contributed by atoms with van der Waals surface area (Å²) in [4.78, 5) is 15.2. The predicted molar refractivity (Wildman–Crippen MR) is 67.4 cm³/mol. The molecule has 92 valence electrons. The summed E-state index contributed by atoms with van der Waals surface area (Å²) in [6.45, 7) is 0. The summed E-state index contributed by atoms with van der Waals surface area (Å²) in [7, 11) is 0. The zero-order valence-corrected chi connectivity index (χ0v) is 9.91. The van der Waals surface area contributed by atoms with Gasteiger partial charge in [0.2, 0.25) is 0 Å². The summed E-state index contributed by atoms with van der Waals surface area (Å²) < 4.78 is 13.3. The van der Waals surface area contributed by atoms with Crippen LogP contribution in [0.5, 0.6) is 0 Å². The minimum atomic E-state index is -0.611. The van der Waals surface area contributed by atoms with Crippen molar-refractivity contribution in [1.82, 2.24) is 4.98 Å². The Morgan fingerprint density at radius 3 is 2.83 bits per heavy atom. The Hall–Kier alpha value is -2.14. The second-order valence-electron chi connectivity index (χ2n) is 3.52. The molecule has 1 aromatic carbocycles. The third kappa shape index (κ3) is 2.57. The van der Waals surface area contributed by atoms with Gasteiger partial charge in [0.15, 0.2) is 0 Å². The van der Waals surface area contributed by atoms with Gasteiger partial charge in [0.25, 0.3) is 5.91 Å². The number of hydrogen-bond donors (Lipinski definition) is 2. The number of nitrogens with zero attached hydrogens (tertiary/aromatic N) is 1. The summed E-state index contributed by atoms with van der Waals surface area (Å²) in [5.74, 6) is -0.898. The molecule has 0 spiro atoms. The molecular weight excluding hydrogens is 257 g/mol. The van der Waals surface area contributed by atoms with E-state index in [4.69, 9.17) is 17.3 Å². The lowest BCUT2D eigenvalue weighted by Gasteiger charge is -2.08. The molecule has 0 atom stereocenters. The van der Waals surface area contributed by atoms with Gasteiger partial charge in [-0.1, -0.05) is 11.6 Å². The van der Waals surface area contributed by atoms with Crippen molar-refractivity contribution in [2.75, 3.05) is 5.32 Å². The maximum atomic E-state index is 13.3. The summed E-state index contributed by atoms with van der Waals surface area (Å²) in [6, 6.07) is 7.32. The van der Waals surface area contributed by atoms with E-state index in [2.05, 4.69) is 10.3 Å². The Kier molecular flexibility index (Phi) is 3.43. The van der Waals surface area contributed by atoms with Gasteiger partial charge in [-0.05, 0) is 30.3 Å². The average molecular weight is 266 g/mol. The highest BCUT2D eigenvalue weighted by molar-refractivity contribution is 6.30. The van der Waals surface area contributed by atoms with E-state index in [1.807, 2.05) is 0 Å². The minimum absolute atomic E-state index is 0.0247. The van der Waals surface area contributed by atoms with E-state index in [9.17, 15) is 9.18 Å². The molecule has 2 rings (SSSR count). The molecule has 0 fully saturated rings. The Morgan fingerprint density at radius 1 is 1.39 bits per heavy atom. The maximum Gasteiger partial charge on any atom is 0.252 e. The first-order valence-electron chi connectivity index (χ1n) is 5.05. The number of carbonyl (C=O) groups is 1. The molecule has 18 heavy (non-hydrogen) atoms. The number of benzene rings is 1. The first-order valence-corrected chi connectivity index (χ1v) is 5.42. The Morgan fingerprint density at radius 2 is 2.17 bits per heavy atom. The number of nitrogens with one attached hydrogen (secondary N) is 1. The van der Waals surface area contributed by atoms with Crippen molar-refractivity contribution in [2.24, 2.45) is 5.73 Å². The molecule has 0 unspecified atom stereocenters. The van der Waals surface area contributed by atoms with Crippen LogP contribution in [0, 0.1) is 5.82 Å². The predicted octanol–water partition coefficient (Wildman–Crippen LogP) is 2.72. The van der Waals surface area contributed by atoms with Crippen LogP contribution in [0.2, 0.25) is 5.02 Å². The number of amides is 1. The molecule has 0 radical (unpaired) electrons. The van der Waals surface area contributed by atoms with E-state index < -0.39 is 11.7 Å². The van der Waals surface area contributed by atoms with Crippen LogP contribution in [0.15, 0.2) is 36.5 Å². The van der Waals surface area contributed by atoms with Crippen LogP contribution in [-0.2, 0) is 0 Å². The largest absolute Gasteiger partial charge is 0.365 e. The van der Waals surface area contributed by atoms with Crippen molar-refractivity contribution in [3.63, 3.8) is 0 Å². The van der Waals surface area contributed by atoms with Crippen molar-refractivity contribution in [3.05, 3.63) is 52.9 Å². The third-order valence-corrected chi connectivity index (χ3v) is 2.56. The summed E-state index contributed by atoms with van der Waals surface area (Å²) >= 11 is 5.57. The normalized spacial score (nSPS) is 10.1. The first kappa shape index (κ1) is 12.3. The molecule has 0 aliphatic heterocycles. The van der Waals surface area contributed by atoms with Crippen molar-refractivity contribution in [1.29, 1.82) is 0 Å². The van der Waals surface area contributed by atoms with Gasteiger partial charge in [0, 0.05) is 11.9 Å². The van der Waals surface area contributed by atoms with Crippen LogP contribution < -0.4 is 11.1 Å². The molecule has 0 saturated carbocycles. The molecule has 1 amide bonds. The summed E-state index contributed by atoms with van der Waals surface area (Å²) in [5.41, 5.74) is 5.87. The second kappa shape index (κ2) is 5.01. The Labute approximate surface area is 108 Å². The molecule has 4 nitrogen and oxygen atoms in total.